The lowest BCUT2D eigenvalue weighted by molar-refractivity contribution is 0.566. The van der Waals surface area contributed by atoms with Crippen LogP contribution in [0.2, 0.25) is 0 Å². The topological polar surface area (TPSA) is 0 Å². The molecule has 0 fully saturated rings. The van der Waals surface area contributed by atoms with Gasteiger partial charge in [-0.3, -0.25) is 0 Å². The monoisotopic (exact) mass is 236 g/mol. The predicted octanol–water partition coefficient (Wildman–Crippen LogP) is 4.26. The van der Waals surface area contributed by atoms with Crippen LogP contribution >= 0.6 is 11.8 Å². The SMILES string of the molecule is Fc1cccc(F)c1CSc1ccccc1. The Labute approximate surface area is 97.3 Å². The smallest absolute Gasteiger partial charge is 0.130 e. The van der Waals surface area contributed by atoms with Crippen LogP contribution in [0.4, 0.5) is 8.78 Å². The van der Waals surface area contributed by atoms with Crippen molar-refractivity contribution in [1.82, 2.24) is 0 Å². The van der Waals surface area contributed by atoms with Crippen LogP contribution in [-0.4, -0.2) is 0 Å². The number of rotatable bonds is 3. The quantitative estimate of drug-likeness (QED) is 0.718. The van der Waals surface area contributed by atoms with Crippen LogP contribution in [0, 0.1) is 11.6 Å². The molecule has 2 aromatic rings. The van der Waals surface area contributed by atoms with Crippen molar-refractivity contribution in [1.29, 1.82) is 0 Å². The second-order valence-corrected chi connectivity index (χ2v) is 4.35. The molecule has 0 N–H and O–H groups in total. The average molecular weight is 236 g/mol. The summed E-state index contributed by atoms with van der Waals surface area (Å²) in [6.45, 7) is 0. The van der Waals surface area contributed by atoms with Crippen LogP contribution < -0.4 is 0 Å². The summed E-state index contributed by atoms with van der Waals surface area (Å²) in [6.07, 6.45) is 0. The maximum Gasteiger partial charge on any atom is 0.130 e. The molecule has 0 aromatic heterocycles. The number of hydrogen-bond acceptors (Lipinski definition) is 1. The highest BCUT2D eigenvalue weighted by Crippen LogP contribution is 2.25. The molecule has 2 aromatic carbocycles. The molecule has 0 bridgehead atoms. The molecule has 16 heavy (non-hydrogen) atoms. The van der Waals surface area contributed by atoms with E-state index in [1.165, 1.54) is 30.0 Å². The third kappa shape index (κ3) is 2.61. The average Bonchev–Trinajstić information content (AvgIpc) is 2.30. The predicted molar refractivity (Wildman–Crippen MR) is 62.4 cm³/mol. The minimum absolute atomic E-state index is 0.136. The zero-order valence-corrected chi connectivity index (χ0v) is 9.31. The van der Waals surface area contributed by atoms with Crippen molar-refractivity contribution < 1.29 is 8.78 Å². The van der Waals surface area contributed by atoms with Gasteiger partial charge in [0.25, 0.3) is 0 Å². The summed E-state index contributed by atoms with van der Waals surface area (Å²) >= 11 is 1.42. The Morgan fingerprint density at radius 1 is 0.812 bits per heavy atom. The molecular formula is C13H10F2S. The standard InChI is InChI=1S/C13H10F2S/c14-12-7-4-8-13(15)11(12)9-16-10-5-2-1-3-6-10/h1-8H,9H2. The normalized spacial score (nSPS) is 10.4. The molecular weight excluding hydrogens is 226 g/mol. The fraction of sp³-hybridized carbons (Fsp3) is 0.0769. The van der Waals surface area contributed by atoms with Gasteiger partial charge in [0.05, 0.1) is 0 Å². The molecule has 0 radical (unpaired) electrons. The van der Waals surface area contributed by atoms with Crippen molar-refractivity contribution in [2.24, 2.45) is 0 Å². The van der Waals surface area contributed by atoms with E-state index >= 15 is 0 Å². The van der Waals surface area contributed by atoms with Gasteiger partial charge in [-0.15, -0.1) is 11.8 Å². The molecule has 0 saturated heterocycles. The molecule has 0 nitrogen and oxygen atoms in total. The van der Waals surface area contributed by atoms with Crippen molar-refractivity contribution in [3.63, 3.8) is 0 Å². The largest absolute Gasteiger partial charge is 0.207 e. The Kier molecular flexibility index (Phi) is 3.57. The van der Waals surface area contributed by atoms with Crippen molar-refractivity contribution in [2.75, 3.05) is 0 Å². The molecule has 0 amide bonds. The van der Waals surface area contributed by atoms with E-state index in [1.807, 2.05) is 30.3 Å². The minimum atomic E-state index is -0.483. The summed E-state index contributed by atoms with van der Waals surface area (Å²) in [5.41, 5.74) is 0.136. The molecule has 0 saturated carbocycles. The van der Waals surface area contributed by atoms with Gasteiger partial charge in [-0.1, -0.05) is 24.3 Å². The lowest BCUT2D eigenvalue weighted by Gasteiger charge is -2.04. The molecule has 0 unspecified atom stereocenters. The zero-order valence-electron chi connectivity index (χ0n) is 8.49. The molecule has 0 heterocycles. The maximum absolute atomic E-state index is 13.3. The molecule has 0 aliphatic rings. The van der Waals surface area contributed by atoms with Gasteiger partial charge in [0.15, 0.2) is 0 Å². The van der Waals surface area contributed by atoms with Crippen molar-refractivity contribution in [3.8, 4) is 0 Å². The van der Waals surface area contributed by atoms with Gasteiger partial charge in [0, 0.05) is 16.2 Å². The first-order valence-corrected chi connectivity index (χ1v) is 5.86. The molecule has 0 atom stereocenters. The van der Waals surface area contributed by atoms with Crippen LogP contribution in [-0.2, 0) is 5.75 Å². The van der Waals surface area contributed by atoms with Gasteiger partial charge in [0.2, 0.25) is 0 Å². The van der Waals surface area contributed by atoms with Crippen molar-refractivity contribution in [2.45, 2.75) is 10.6 Å². The summed E-state index contributed by atoms with van der Waals surface area (Å²) in [5, 5.41) is 0. The van der Waals surface area contributed by atoms with Crippen LogP contribution in [0.3, 0.4) is 0 Å². The first-order valence-electron chi connectivity index (χ1n) is 4.88. The van der Waals surface area contributed by atoms with Crippen molar-refractivity contribution >= 4 is 11.8 Å². The summed E-state index contributed by atoms with van der Waals surface area (Å²) in [7, 11) is 0. The third-order valence-corrected chi connectivity index (χ3v) is 3.23. The van der Waals surface area contributed by atoms with Crippen molar-refractivity contribution in [3.05, 3.63) is 65.7 Å². The second-order valence-electron chi connectivity index (χ2n) is 3.30. The summed E-state index contributed by atoms with van der Waals surface area (Å²) < 4.78 is 26.6. The molecule has 3 heteroatoms. The van der Waals surface area contributed by atoms with Crippen LogP contribution in [0.25, 0.3) is 0 Å². The third-order valence-electron chi connectivity index (χ3n) is 2.19. The zero-order chi connectivity index (χ0) is 11.4. The van der Waals surface area contributed by atoms with Crippen LogP contribution in [0.1, 0.15) is 5.56 Å². The Morgan fingerprint density at radius 2 is 1.44 bits per heavy atom. The molecule has 0 aliphatic heterocycles. The minimum Gasteiger partial charge on any atom is -0.207 e. The first-order chi connectivity index (χ1) is 7.77. The summed E-state index contributed by atoms with van der Waals surface area (Å²) in [6, 6.07) is 13.5. The van der Waals surface area contributed by atoms with Crippen LogP contribution in [0.5, 0.6) is 0 Å². The molecule has 0 spiro atoms. The lowest BCUT2D eigenvalue weighted by atomic mass is 10.2. The lowest BCUT2D eigenvalue weighted by Crippen LogP contribution is -1.92. The van der Waals surface area contributed by atoms with E-state index in [-0.39, 0.29) is 5.56 Å². The molecule has 2 rings (SSSR count). The number of thioether (sulfide) groups is 1. The van der Waals surface area contributed by atoms with E-state index in [1.54, 1.807) is 0 Å². The fourth-order valence-electron chi connectivity index (χ4n) is 1.34. The highest BCUT2D eigenvalue weighted by Gasteiger charge is 2.08. The van der Waals surface area contributed by atoms with Gasteiger partial charge < -0.3 is 0 Å². The Hall–Kier alpha value is -1.35. The molecule has 0 aliphatic carbocycles. The number of hydrogen-bond donors (Lipinski definition) is 0. The highest BCUT2D eigenvalue weighted by atomic mass is 32.2. The van der Waals surface area contributed by atoms with Gasteiger partial charge in [-0.05, 0) is 24.3 Å². The van der Waals surface area contributed by atoms with E-state index < -0.39 is 11.6 Å². The Balaban J connectivity index is 2.11. The maximum atomic E-state index is 13.3. The highest BCUT2D eigenvalue weighted by molar-refractivity contribution is 7.98. The Morgan fingerprint density at radius 3 is 2.06 bits per heavy atom. The van der Waals surface area contributed by atoms with Gasteiger partial charge in [-0.25, -0.2) is 8.78 Å². The molecule has 82 valence electrons. The Bertz CT molecular complexity index is 448. The van der Waals surface area contributed by atoms with Gasteiger partial charge in [-0.2, -0.15) is 0 Å². The van der Waals surface area contributed by atoms with Gasteiger partial charge in [0.1, 0.15) is 11.6 Å². The second kappa shape index (κ2) is 5.12. The van der Waals surface area contributed by atoms with Crippen LogP contribution in [0.15, 0.2) is 53.4 Å². The van der Waals surface area contributed by atoms with Gasteiger partial charge >= 0.3 is 0 Å². The van der Waals surface area contributed by atoms with E-state index in [4.69, 9.17) is 0 Å². The number of benzene rings is 2. The van der Waals surface area contributed by atoms with E-state index in [2.05, 4.69) is 0 Å². The summed E-state index contributed by atoms with van der Waals surface area (Å²) in [5.74, 6) is -0.658. The van der Waals surface area contributed by atoms with E-state index in [9.17, 15) is 8.78 Å². The number of halogens is 2. The van der Waals surface area contributed by atoms with E-state index in [0.29, 0.717) is 5.75 Å². The van der Waals surface area contributed by atoms with E-state index in [0.717, 1.165) is 4.90 Å². The first kappa shape index (κ1) is 11.1. The summed E-state index contributed by atoms with van der Waals surface area (Å²) in [4.78, 5) is 1.00. The fourth-order valence-corrected chi connectivity index (χ4v) is 2.28.